The van der Waals surface area contributed by atoms with Crippen LogP contribution in [0.2, 0.25) is 0 Å². The second-order valence-electron chi connectivity index (χ2n) is 5.79. The number of hydrogen-bond donors (Lipinski definition) is 0. The van der Waals surface area contributed by atoms with Gasteiger partial charge in [0.1, 0.15) is 5.52 Å². The van der Waals surface area contributed by atoms with Crippen molar-refractivity contribution < 1.29 is 0 Å². The van der Waals surface area contributed by atoms with Gasteiger partial charge in [-0.2, -0.15) is 5.10 Å². The Morgan fingerprint density at radius 2 is 1.46 bits per heavy atom. The Hall–Kier alpha value is -3.17. The molecule has 0 radical (unpaired) electrons. The molecule has 0 saturated heterocycles. The fourth-order valence-corrected chi connectivity index (χ4v) is 3.68. The Kier molecular flexibility index (Phi) is 4.90. The number of nitrogens with zero attached hydrogens (tertiary/aromatic N) is 2. The fourth-order valence-electron chi connectivity index (χ4n) is 2.66. The predicted molar refractivity (Wildman–Crippen MR) is 112 cm³/mol. The highest BCUT2D eigenvalue weighted by Crippen LogP contribution is 2.31. The Balaban J connectivity index is 1.71. The zero-order valence-corrected chi connectivity index (χ0v) is 15.0. The molecule has 2 heterocycles. The van der Waals surface area contributed by atoms with Crippen LogP contribution in [-0.2, 0) is 0 Å². The van der Waals surface area contributed by atoms with Crippen molar-refractivity contribution in [2.24, 2.45) is 0 Å². The minimum atomic E-state index is 1.02. The molecule has 0 saturated carbocycles. The van der Waals surface area contributed by atoms with Gasteiger partial charge in [0, 0.05) is 11.1 Å². The molecule has 1 aliphatic rings. The first-order valence-electron chi connectivity index (χ1n) is 8.50. The smallest absolute Gasteiger partial charge is 0.104 e. The van der Waals surface area contributed by atoms with Crippen LogP contribution in [-0.4, -0.2) is 9.78 Å². The lowest BCUT2D eigenvalue weighted by Gasteiger charge is -1.99. The normalized spacial score (nSPS) is 18.8. The molecule has 3 aromatic rings. The maximum absolute atomic E-state index is 4.77. The summed E-state index contributed by atoms with van der Waals surface area (Å²) < 4.78 is 3.12. The Labute approximate surface area is 157 Å². The molecule has 126 valence electrons. The molecule has 0 N–H and O–H groups in total. The topological polar surface area (TPSA) is 17.8 Å². The molecular formula is C23H18N2S. The molecule has 0 unspecified atom stereocenters. The van der Waals surface area contributed by atoms with Crippen LogP contribution in [0.15, 0.2) is 109 Å². The maximum atomic E-state index is 4.77. The largest absolute Gasteiger partial charge is 0.239 e. The highest BCUT2D eigenvalue weighted by molar-refractivity contribution is 7.20. The van der Waals surface area contributed by atoms with Crippen LogP contribution in [0.3, 0.4) is 0 Å². The van der Waals surface area contributed by atoms with Gasteiger partial charge in [-0.1, -0.05) is 85.0 Å². The van der Waals surface area contributed by atoms with Crippen molar-refractivity contribution in [1.29, 1.82) is 0 Å². The average molecular weight is 354 g/mol. The first kappa shape index (κ1) is 16.3. The number of hydrogen-bond acceptors (Lipinski definition) is 2. The van der Waals surface area contributed by atoms with E-state index < -0.39 is 0 Å². The highest BCUT2D eigenvalue weighted by atomic mass is 32.1. The summed E-state index contributed by atoms with van der Waals surface area (Å²) in [6.07, 6.45) is 16.6. The first-order chi connectivity index (χ1) is 12.9. The summed E-state index contributed by atoms with van der Waals surface area (Å²) in [5, 5.41) is 4.77. The number of aromatic nitrogens is 2. The number of thiophene rings is 1. The van der Waals surface area contributed by atoms with Crippen molar-refractivity contribution in [2.45, 2.75) is 0 Å². The molecule has 1 aliphatic carbocycles. The monoisotopic (exact) mass is 354 g/mol. The molecular weight excluding hydrogens is 336 g/mol. The maximum Gasteiger partial charge on any atom is 0.104 e. The number of fused-ring (bicyclic) bond motifs is 1. The molecule has 2 nitrogen and oxygen atoms in total. The molecule has 0 bridgehead atoms. The van der Waals surface area contributed by atoms with Crippen molar-refractivity contribution in [3.63, 3.8) is 0 Å². The lowest BCUT2D eigenvalue weighted by atomic mass is 10.1. The van der Waals surface area contributed by atoms with Gasteiger partial charge in [-0.3, -0.25) is 0 Å². The zero-order chi connectivity index (χ0) is 17.6. The van der Waals surface area contributed by atoms with Crippen LogP contribution in [0, 0.1) is 0 Å². The standard InChI is InChI=1S/C23H18N2S/c1-2-7-11-15-20(16-12-8-3-1)25-18-23-21(24-25)17-22(26-23)19-13-9-5-4-6-10-14-19/h1-18H/b2-1?,3-1?,5-4-,6-4?,7-2?,8-3?,9-5?,10-6-,11-7?,12-8?,13-9-,14-10?,15-11?,16-12?,19-13?,19-14+,20-15?,20-16?. The summed E-state index contributed by atoms with van der Waals surface area (Å²) in [5.74, 6) is 0. The van der Waals surface area contributed by atoms with E-state index in [2.05, 4.69) is 48.7 Å². The molecule has 1 aromatic carbocycles. The summed E-state index contributed by atoms with van der Waals surface area (Å²) in [6, 6.07) is 20.4. The SMILES string of the molecule is C1=C\C=C/C(c2cc3nn(-c4ccccccccc4)cc3s2)=C\C=C/1. The minimum absolute atomic E-state index is 1.02. The molecule has 4 rings (SSSR count). The van der Waals surface area contributed by atoms with Crippen LogP contribution in [0.4, 0.5) is 0 Å². The lowest BCUT2D eigenvalue weighted by Crippen LogP contribution is -1.92. The van der Waals surface area contributed by atoms with Crippen LogP contribution in [0.1, 0.15) is 4.88 Å². The van der Waals surface area contributed by atoms with Crippen LogP contribution in [0.25, 0.3) is 21.5 Å². The molecule has 3 heteroatoms. The molecule has 0 atom stereocenters. The van der Waals surface area contributed by atoms with E-state index in [9.17, 15) is 0 Å². The van der Waals surface area contributed by atoms with Gasteiger partial charge >= 0.3 is 0 Å². The van der Waals surface area contributed by atoms with E-state index in [0.717, 1.165) is 11.2 Å². The molecule has 0 aliphatic heterocycles. The summed E-state index contributed by atoms with van der Waals surface area (Å²) in [6.45, 7) is 0. The van der Waals surface area contributed by atoms with Gasteiger partial charge in [0.05, 0.1) is 10.4 Å². The second-order valence-corrected chi connectivity index (χ2v) is 6.87. The van der Waals surface area contributed by atoms with Crippen LogP contribution in [0.5, 0.6) is 0 Å². The number of rotatable bonds is 2. The van der Waals surface area contributed by atoms with Crippen molar-refractivity contribution in [2.75, 3.05) is 0 Å². The van der Waals surface area contributed by atoms with Gasteiger partial charge in [0.15, 0.2) is 0 Å². The third-order valence-corrected chi connectivity index (χ3v) is 5.05. The minimum Gasteiger partial charge on any atom is -0.239 e. The fraction of sp³-hybridized carbons (Fsp3) is 0. The van der Waals surface area contributed by atoms with E-state index in [4.69, 9.17) is 5.10 Å². The average Bonchev–Trinajstić information content (AvgIpc) is 3.18. The Morgan fingerprint density at radius 3 is 2.23 bits per heavy atom. The van der Waals surface area contributed by atoms with Gasteiger partial charge in [0.2, 0.25) is 0 Å². The summed E-state index contributed by atoms with van der Waals surface area (Å²) in [4.78, 5) is 1.23. The van der Waals surface area contributed by atoms with Gasteiger partial charge < -0.3 is 0 Å². The van der Waals surface area contributed by atoms with Crippen LogP contribution < -0.4 is 0 Å². The van der Waals surface area contributed by atoms with E-state index in [1.165, 1.54) is 15.2 Å². The quantitative estimate of drug-likeness (QED) is 0.530. The van der Waals surface area contributed by atoms with E-state index >= 15 is 0 Å². The van der Waals surface area contributed by atoms with Crippen molar-refractivity contribution in [3.05, 3.63) is 114 Å². The Bertz CT molecular complexity index is 1040. The van der Waals surface area contributed by atoms with Crippen molar-refractivity contribution >= 4 is 27.1 Å². The summed E-state index contributed by atoms with van der Waals surface area (Å²) >= 11 is 1.77. The molecule has 0 spiro atoms. The molecule has 2 aromatic heterocycles. The van der Waals surface area contributed by atoms with Crippen LogP contribution >= 0.6 is 11.3 Å². The van der Waals surface area contributed by atoms with Gasteiger partial charge in [-0.15, -0.1) is 11.3 Å². The van der Waals surface area contributed by atoms with E-state index in [1.807, 2.05) is 65.4 Å². The third kappa shape index (κ3) is 3.73. The van der Waals surface area contributed by atoms with E-state index in [1.54, 1.807) is 11.3 Å². The second kappa shape index (κ2) is 7.81. The summed E-state index contributed by atoms with van der Waals surface area (Å²) in [5.41, 5.74) is 3.26. The van der Waals surface area contributed by atoms with E-state index in [0.29, 0.717) is 0 Å². The lowest BCUT2D eigenvalue weighted by molar-refractivity contribution is 0.897. The third-order valence-electron chi connectivity index (χ3n) is 3.94. The highest BCUT2D eigenvalue weighted by Gasteiger charge is 2.09. The van der Waals surface area contributed by atoms with Gasteiger partial charge in [0.25, 0.3) is 0 Å². The molecule has 0 amide bonds. The zero-order valence-electron chi connectivity index (χ0n) is 14.2. The first-order valence-corrected chi connectivity index (χ1v) is 9.32. The Morgan fingerprint density at radius 1 is 0.769 bits per heavy atom. The predicted octanol–water partition coefficient (Wildman–Crippen LogP) is 6.28. The van der Waals surface area contributed by atoms with Gasteiger partial charge in [-0.05, 0) is 23.8 Å². The van der Waals surface area contributed by atoms with Crippen molar-refractivity contribution in [3.8, 4) is 5.69 Å². The van der Waals surface area contributed by atoms with Crippen molar-refractivity contribution in [1.82, 2.24) is 9.78 Å². The molecule has 0 fully saturated rings. The summed E-state index contributed by atoms with van der Waals surface area (Å²) in [7, 11) is 0. The van der Waals surface area contributed by atoms with Gasteiger partial charge in [-0.25, -0.2) is 4.68 Å². The number of allylic oxidation sites excluding steroid dienone is 8. The van der Waals surface area contributed by atoms with E-state index in [-0.39, 0.29) is 0 Å². The molecule has 26 heavy (non-hydrogen) atoms.